The minimum absolute atomic E-state index is 0.0282. The van der Waals surface area contributed by atoms with E-state index in [0.29, 0.717) is 15.2 Å². The molecule has 3 rings (SSSR count). The number of aryl methyl sites for hydroxylation is 1. The molecular formula is C27H34NOP. The highest BCUT2D eigenvalue weighted by molar-refractivity contribution is 7.48. The van der Waals surface area contributed by atoms with E-state index in [9.17, 15) is 0 Å². The minimum atomic E-state index is 0.0282. The van der Waals surface area contributed by atoms with Gasteiger partial charge >= 0.3 is 0 Å². The molecule has 2 nitrogen and oxygen atoms in total. The van der Waals surface area contributed by atoms with Gasteiger partial charge in [-0.15, -0.1) is 0 Å². The fourth-order valence-corrected chi connectivity index (χ4v) is 5.30. The molecule has 30 heavy (non-hydrogen) atoms. The molecule has 2 atom stereocenters. The summed E-state index contributed by atoms with van der Waals surface area (Å²) in [7, 11) is 4.95. The maximum atomic E-state index is 6.35. The van der Waals surface area contributed by atoms with Gasteiger partial charge < -0.3 is 9.64 Å². The van der Waals surface area contributed by atoms with E-state index in [0.717, 1.165) is 18.7 Å². The van der Waals surface area contributed by atoms with Gasteiger partial charge in [0.15, 0.2) is 0 Å². The monoisotopic (exact) mass is 419 g/mol. The van der Waals surface area contributed by atoms with Crippen LogP contribution in [-0.4, -0.2) is 19.0 Å². The van der Waals surface area contributed by atoms with Crippen LogP contribution >= 0.6 is 8.58 Å². The van der Waals surface area contributed by atoms with Crippen molar-refractivity contribution >= 4 is 13.9 Å². The first kappa shape index (κ1) is 22.5. The first-order chi connectivity index (χ1) is 14.4. The van der Waals surface area contributed by atoms with Crippen LogP contribution in [-0.2, 0) is 18.3 Å². The third-order valence-electron chi connectivity index (χ3n) is 5.59. The molecule has 0 fully saturated rings. The fraction of sp³-hybridized carbons (Fsp3) is 0.333. The van der Waals surface area contributed by atoms with Crippen LogP contribution in [0.3, 0.4) is 0 Å². The summed E-state index contributed by atoms with van der Waals surface area (Å²) >= 11 is 0. The summed E-state index contributed by atoms with van der Waals surface area (Å²) in [5.41, 5.74) is 5.21. The Balaban J connectivity index is 1.92. The Hall–Kier alpha value is -2.15. The predicted octanol–water partition coefficient (Wildman–Crippen LogP) is 6.26. The van der Waals surface area contributed by atoms with Gasteiger partial charge in [-0.05, 0) is 49.9 Å². The van der Waals surface area contributed by atoms with Crippen molar-refractivity contribution in [1.29, 1.82) is 0 Å². The molecule has 0 N–H and O–H groups in total. The van der Waals surface area contributed by atoms with Gasteiger partial charge in [-0.3, -0.25) is 0 Å². The van der Waals surface area contributed by atoms with E-state index in [1.54, 1.807) is 0 Å². The molecule has 0 saturated carbocycles. The van der Waals surface area contributed by atoms with Crippen molar-refractivity contribution in [2.45, 2.75) is 45.5 Å². The lowest BCUT2D eigenvalue weighted by atomic mass is 9.95. The Morgan fingerprint density at radius 1 is 0.933 bits per heavy atom. The molecule has 0 spiro atoms. The van der Waals surface area contributed by atoms with Crippen LogP contribution in [0.2, 0.25) is 0 Å². The standard InChI is InChI=1S/C27H34NOP/c1-6-27(3,30-26-15-11-10-14-23(26)19-28(4)5)24-18-21(2)16-17-25(24)29-20-22-12-8-7-9-13-22/h7-18,30H,6,19-20H2,1-5H3. The van der Waals surface area contributed by atoms with E-state index >= 15 is 0 Å². The number of hydrogen-bond donors (Lipinski definition) is 0. The highest BCUT2D eigenvalue weighted by Gasteiger charge is 2.29. The van der Waals surface area contributed by atoms with Crippen molar-refractivity contribution in [1.82, 2.24) is 4.90 Å². The second-order valence-corrected chi connectivity index (χ2v) is 10.4. The van der Waals surface area contributed by atoms with Crippen LogP contribution in [0.1, 0.15) is 42.5 Å². The van der Waals surface area contributed by atoms with E-state index in [1.807, 2.05) is 6.07 Å². The molecule has 0 bridgehead atoms. The fourth-order valence-electron chi connectivity index (χ4n) is 3.70. The molecule has 0 aliphatic rings. The summed E-state index contributed by atoms with van der Waals surface area (Å²) in [5.74, 6) is 1.01. The third kappa shape index (κ3) is 5.72. The van der Waals surface area contributed by atoms with Gasteiger partial charge in [-0.25, -0.2) is 0 Å². The van der Waals surface area contributed by atoms with Crippen LogP contribution in [0.5, 0.6) is 5.75 Å². The number of hydrogen-bond acceptors (Lipinski definition) is 2. The molecule has 0 heterocycles. The first-order valence-corrected chi connectivity index (χ1v) is 11.7. The molecule has 3 heteroatoms. The molecule has 0 amide bonds. The van der Waals surface area contributed by atoms with Crippen molar-refractivity contribution in [3.8, 4) is 5.75 Å². The van der Waals surface area contributed by atoms with Gasteiger partial charge in [0.05, 0.1) is 0 Å². The molecule has 0 radical (unpaired) electrons. The van der Waals surface area contributed by atoms with Gasteiger partial charge in [0.2, 0.25) is 0 Å². The molecule has 0 aliphatic heterocycles. The zero-order chi connectivity index (χ0) is 21.6. The molecule has 3 aromatic carbocycles. The van der Waals surface area contributed by atoms with E-state index in [-0.39, 0.29) is 5.16 Å². The average Bonchev–Trinajstić information content (AvgIpc) is 2.74. The second kappa shape index (κ2) is 10.2. The maximum Gasteiger partial charge on any atom is 0.123 e. The smallest absolute Gasteiger partial charge is 0.123 e. The van der Waals surface area contributed by atoms with Crippen molar-refractivity contribution in [3.05, 3.63) is 95.1 Å². The zero-order valence-corrected chi connectivity index (χ0v) is 19.9. The Morgan fingerprint density at radius 3 is 2.33 bits per heavy atom. The lowest BCUT2D eigenvalue weighted by Gasteiger charge is -2.32. The van der Waals surface area contributed by atoms with Crippen LogP contribution in [0, 0.1) is 6.92 Å². The summed E-state index contributed by atoms with van der Waals surface area (Å²) in [6.45, 7) is 8.42. The molecule has 158 valence electrons. The van der Waals surface area contributed by atoms with Gasteiger partial charge in [0.25, 0.3) is 0 Å². The Bertz CT molecular complexity index is 954. The molecular weight excluding hydrogens is 385 g/mol. The van der Waals surface area contributed by atoms with E-state index < -0.39 is 0 Å². The maximum absolute atomic E-state index is 6.35. The Morgan fingerprint density at radius 2 is 1.63 bits per heavy atom. The number of nitrogens with zero attached hydrogens (tertiary/aromatic N) is 1. The highest BCUT2D eigenvalue weighted by Crippen LogP contribution is 2.48. The third-order valence-corrected chi connectivity index (χ3v) is 7.52. The van der Waals surface area contributed by atoms with Crippen molar-refractivity contribution in [2.75, 3.05) is 14.1 Å². The van der Waals surface area contributed by atoms with Gasteiger partial charge in [-0.2, -0.15) is 0 Å². The van der Waals surface area contributed by atoms with Crippen molar-refractivity contribution in [3.63, 3.8) is 0 Å². The van der Waals surface area contributed by atoms with Gasteiger partial charge in [0.1, 0.15) is 12.4 Å². The van der Waals surface area contributed by atoms with E-state index in [1.165, 1.54) is 27.6 Å². The Labute approximate surface area is 184 Å². The summed E-state index contributed by atoms with van der Waals surface area (Å²) in [6, 6.07) is 25.9. The van der Waals surface area contributed by atoms with Crippen molar-refractivity contribution < 1.29 is 4.74 Å². The lowest BCUT2D eigenvalue weighted by Crippen LogP contribution is -2.23. The molecule has 0 aliphatic carbocycles. The van der Waals surface area contributed by atoms with Crippen LogP contribution in [0.15, 0.2) is 72.8 Å². The minimum Gasteiger partial charge on any atom is -0.489 e. The number of benzene rings is 3. The molecule has 2 unspecified atom stereocenters. The average molecular weight is 420 g/mol. The Kier molecular flexibility index (Phi) is 7.69. The SMILES string of the molecule is CCC(C)(Pc1ccccc1CN(C)C)c1cc(C)ccc1OCc1ccccc1. The summed E-state index contributed by atoms with van der Waals surface area (Å²) in [5, 5.41) is 1.48. The summed E-state index contributed by atoms with van der Waals surface area (Å²) < 4.78 is 6.35. The van der Waals surface area contributed by atoms with Crippen LogP contribution < -0.4 is 10.0 Å². The van der Waals surface area contributed by atoms with Gasteiger partial charge in [-0.1, -0.05) is 94.7 Å². The number of rotatable bonds is 9. The quantitative estimate of drug-likeness (QED) is 0.379. The largest absolute Gasteiger partial charge is 0.489 e. The van der Waals surface area contributed by atoms with Gasteiger partial charge in [0, 0.05) is 17.3 Å². The first-order valence-electron chi connectivity index (χ1n) is 10.7. The zero-order valence-electron chi connectivity index (χ0n) is 18.9. The lowest BCUT2D eigenvalue weighted by molar-refractivity contribution is 0.299. The van der Waals surface area contributed by atoms with E-state index in [2.05, 4.69) is 106 Å². The topological polar surface area (TPSA) is 12.5 Å². The molecule has 3 aromatic rings. The highest BCUT2D eigenvalue weighted by atomic mass is 31.1. The summed E-state index contributed by atoms with van der Waals surface area (Å²) in [4.78, 5) is 2.24. The van der Waals surface area contributed by atoms with Crippen molar-refractivity contribution in [2.24, 2.45) is 0 Å². The number of ether oxygens (including phenoxy) is 1. The molecule has 0 saturated heterocycles. The van der Waals surface area contributed by atoms with Crippen LogP contribution in [0.25, 0.3) is 0 Å². The molecule has 0 aromatic heterocycles. The van der Waals surface area contributed by atoms with E-state index in [4.69, 9.17) is 4.74 Å². The second-order valence-electron chi connectivity index (χ2n) is 8.48. The normalized spacial score (nSPS) is 13.7. The summed E-state index contributed by atoms with van der Waals surface area (Å²) in [6.07, 6.45) is 1.06. The predicted molar refractivity (Wildman–Crippen MR) is 131 cm³/mol. The van der Waals surface area contributed by atoms with Crippen LogP contribution in [0.4, 0.5) is 0 Å².